The van der Waals surface area contributed by atoms with E-state index in [1.165, 1.54) is 6.20 Å². The molecule has 1 atom stereocenters. The predicted octanol–water partition coefficient (Wildman–Crippen LogP) is 2.58. The fourth-order valence-electron chi connectivity index (χ4n) is 5.53. The second-order valence-corrected chi connectivity index (χ2v) is 10.1. The first-order chi connectivity index (χ1) is 17.3. The van der Waals surface area contributed by atoms with Gasteiger partial charge in [-0.1, -0.05) is 0 Å². The second-order valence-electron chi connectivity index (χ2n) is 10.1. The van der Waals surface area contributed by atoms with Crippen molar-refractivity contribution in [1.29, 1.82) is 0 Å². The summed E-state index contributed by atoms with van der Waals surface area (Å²) in [6.45, 7) is 2.82. The van der Waals surface area contributed by atoms with E-state index in [2.05, 4.69) is 25.6 Å². The maximum Gasteiger partial charge on any atom is 0.263 e. The Morgan fingerprint density at radius 2 is 2.03 bits per heavy atom. The van der Waals surface area contributed by atoms with E-state index >= 15 is 0 Å². The van der Waals surface area contributed by atoms with Crippen molar-refractivity contribution in [1.82, 2.24) is 20.3 Å². The van der Waals surface area contributed by atoms with E-state index in [1.807, 2.05) is 31.2 Å². The van der Waals surface area contributed by atoms with Gasteiger partial charge >= 0.3 is 0 Å². The summed E-state index contributed by atoms with van der Waals surface area (Å²) in [5.74, 6) is 0.331. The summed E-state index contributed by atoms with van der Waals surface area (Å²) >= 11 is 0. The van der Waals surface area contributed by atoms with Crippen LogP contribution in [0.15, 0.2) is 30.5 Å². The van der Waals surface area contributed by atoms with E-state index in [-0.39, 0.29) is 24.5 Å². The summed E-state index contributed by atoms with van der Waals surface area (Å²) in [4.78, 5) is 24.7. The van der Waals surface area contributed by atoms with Gasteiger partial charge in [0.2, 0.25) is 0 Å². The number of halogens is 1. The van der Waals surface area contributed by atoms with E-state index in [9.17, 15) is 14.3 Å². The molecule has 1 saturated carbocycles. The number of hydrogen-bond acceptors (Lipinski definition) is 8. The highest BCUT2D eigenvalue weighted by Crippen LogP contribution is 2.46. The minimum Gasteiger partial charge on any atom is -0.480 e. The van der Waals surface area contributed by atoms with Gasteiger partial charge < -0.3 is 25.2 Å². The van der Waals surface area contributed by atoms with Crippen LogP contribution in [0, 0.1) is 12.7 Å². The highest BCUT2D eigenvalue weighted by atomic mass is 19.1. The lowest BCUT2D eigenvalue weighted by Gasteiger charge is -2.55. The maximum atomic E-state index is 14.8. The summed E-state index contributed by atoms with van der Waals surface area (Å²) in [7, 11) is 0. The van der Waals surface area contributed by atoms with Gasteiger partial charge in [0.05, 0.1) is 41.2 Å². The molecule has 3 N–H and O–H groups in total. The van der Waals surface area contributed by atoms with Crippen molar-refractivity contribution in [2.75, 3.05) is 18.5 Å². The first-order valence-electron chi connectivity index (χ1n) is 12.3. The van der Waals surface area contributed by atoms with Gasteiger partial charge in [-0.25, -0.2) is 9.37 Å². The zero-order valence-electron chi connectivity index (χ0n) is 20.0. The molecule has 2 saturated heterocycles. The predicted molar refractivity (Wildman–Crippen MR) is 129 cm³/mol. The SMILES string of the molecule is Cc1ccc2ncc(F)c(CC(O)C34CCC(NCc5ccc6c(n5)NC(=O)CO6)(CC3)CO4)c2n1. The normalized spacial score (nSPS) is 25.8. The number of aryl methyl sites for hydroxylation is 1. The molecule has 3 aromatic heterocycles. The van der Waals surface area contributed by atoms with Gasteiger partial charge in [-0.15, -0.1) is 0 Å². The number of rotatable bonds is 6. The molecule has 0 spiro atoms. The Bertz CT molecular complexity index is 1320. The molecule has 7 rings (SSSR count). The number of aliphatic hydroxyl groups excluding tert-OH is 1. The van der Waals surface area contributed by atoms with Crippen LogP contribution in [0.5, 0.6) is 5.75 Å². The number of pyridine rings is 3. The molecule has 10 heteroatoms. The molecular formula is C26H28FN5O4. The van der Waals surface area contributed by atoms with E-state index < -0.39 is 17.5 Å². The number of hydrogen-bond donors (Lipinski definition) is 3. The molecule has 6 heterocycles. The first kappa shape index (κ1) is 23.2. The number of ether oxygens (including phenoxy) is 2. The Balaban J connectivity index is 1.13. The van der Waals surface area contributed by atoms with E-state index in [4.69, 9.17) is 9.47 Å². The van der Waals surface area contributed by atoms with Gasteiger partial charge in [-0.3, -0.25) is 14.8 Å². The number of nitrogens with zero attached hydrogens (tertiary/aromatic N) is 3. The van der Waals surface area contributed by atoms with Crippen molar-refractivity contribution in [3.63, 3.8) is 0 Å². The fourth-order valence-corrected chi connectivity index (χ4v) is 5.53. The van der Waals surface area contributed by atoms with E-state index in [1.54, 1.807) is 0 Å². The Labute approximate surface area is 207 Å². The first-order valence-corrected chi connectivity index (χ1v) is 12.3. The topological polar surface area (TPSA) is 118 Å². The number of aliphatic hydroxyl groups is 1. The summed E-state index contributed by atoms with van der Waals surface area (Å²) in [5.41, 5.74) is 2.12. The molecule has 3 aromatic rings. The lowest BCUT2D eigenvalue weighted by atomic mass is 9.68. The molecule has 1 amide bonds. The Morgan fingerprint density at radius 1 is 1.19 bits per heavy atom. The molecule has 0 aromatic carbocycles. The van der Waals surface area contributed by atoms with Gasteiger partial charge in [0.1, 0.15) is 5.82 Å². The van der Waals surface area contributed by atoms with Crippen molar-refractivity contribution in [2.45, 2.75) is 62.8 Å². The molecule has 1 aliphatic carbocycles. The minimum atomic E-state index is -0.857. The number of carbonyl (C=O) groups excluding carboxylic acids is 1. The van der Waals surface area contributed by atoms with Crippen molar-refractivity contribution >= 4 is 22.8 Å². The molecule has 3 fully saturated rings. The van der Waals surface area contributed by atoms with Crippen LogP contribution in [0.4, 0.5) is 10.2 Å². The van der Waals surface area contributed by atoms with Crippen LogP contribution in [-0.4, -0.2) is 56.4 Å². The second kappa shape index (κ2) is 8.72. The van der Waals surface area contributed by atoms with Gasteiger partial charge in [0, 0.05) is 29.8 Å². The third-order valence-corrected chi connectivity index (χ3v) is 7.78. The number of carbonyl (C=O) groups is 1. The summed E-state index contributed by atoms with van der Waals surface area (Å²) in [6.07, 6.45) is 3.44. The molecule has 0 radical (unpaired) electrons. The summed E-state index contributed by atoms with van der Waals surface area (Å²) < 4.78 is 26.4. The molecular weight excluding hydrogens is 465 g/mol. The summed E-state index contributed by atoms with van der Waals surface area (Å²) in [6, 6.07) is 7.35. The van der Waals surface area contributed by atoms with Crippen LogP contribution in [0.1, 0.15) is 42.6 Å². The van der Waals surface area contributed by atoms with E-state index in [0.29, 0.717) is 54.2 Å². The average Bonchev–Trinajstić information content (AvgIpc) is 2.90. The van der Waals surface area contributed by atoms with Crippen LogP contribution in [0.25, 0.3) is 11.0 Å². The largest absolute Gasteiger partial charge is 0.480 e. The van der Waals surface area contributed by atoms with Crippen molar-refractivity contribution in [3.05, 3.63) is 53.2 Å². The van der Waals surface area contributed by atoms with Gasteiger partial charge in [-0.2, -0.15) is 0 Å². The maximum absolute atomic E-state index is 14.8. The zero-order valence-corrected chi connectivity index (χ0v) is 20.0. The fraction of sp³-hybridized carbons (Fsp3) is 0.462. The summed E-state index contributed by atoms with van der Waals surface area (Å²) in [5, 5.41) is 17.6. The monoisotopic (exact) mass is 493 g/mol. The Morgan fingerprint density at radius 3 is 2.81 bits per heavy atom. The molecule has 9 nitrogen and oxygen atoms in total. The van der Waals surface area contributed by atoms with Crippen LogP contribution in [0.3, 0.4) is 0 Å². The lowest BCUT2D eigenvalue weighted by molar-refractivity contribution is -0.208. The number of fused-ring (bicyclic) bond motifs is 5. The van der Waals surface area contributed by atoms with Crippen LogP contribution >= 0.6 is 0 Å². The van der Waals surface area contributed by atoms with Crippen LogP contribution in [-0.2, 0) is 22.5 Å². The quantitative estimate of drug-likeness (QED) is 0.480. The Kier molecular flexibility index (Phi) is 5.62. The molecule has 3 aliphatic heterocycles. The number of amides is 1. The molecule has 2 bridgehead atoms. The molecule has 4 aliphatic rings. The molecule has 36 heavy (non-hydrogen) atoms. The highest BCUT2D eigenvalue weighted by molar-refractivity contribution is 5.94. The van der Waals surface area contributed by atoms with Gasteiger partial charge in [0.15, 0.2) is 18.2 Å². The number of aromatic nitrogens is 3. The standard InChI is InChI=1S/C26H28FN5O4/c1-15-2-4-19-23(30-15)17(18(27)12-28-19)10-21(33)26-8-6-25(7-9-26,14-36-26)29-11-16-3-5-20-24(31-16)32-22(34)13-35-20/h2-5,12,21,29,33H,6-11,13-14H2,1H3,(H,31,32,34). The Hall–Kier alpha value is -3.21. The van der Waals surface area contributed by atoms with Gasteiger partial charge in [0.25, 0.3) is 5.91 Å². The average molecular weight is 494 g/mol. The highest BCUT2D eigenvalue weighted by Gasteiger charge is 2.53. The smallest absolute Gasteiger partial charge is 0.263 e. The third kappa shape index (κ3) is 4.08. The van der Waals surface area contributed by atoms with Gasteiger partial charge in [-0.05, 0) is 56.9 Å². The molecule has 188 valence electrons. The minimum absolute atomic E-state index is 0.000503. The lowest BCUT2D eigenvalue weighted by Crippen LogP contribution is -2.65. The number of nitrogens with one attached hydrogen (secondary N) is 2. The third-order valence-electron chi connectivity index (χ3n) is 7.78. The zero-order chi connectivity index (χ0) is 24.9. The van der Waals surface area contributed by atoms with Crippen LogP contribution in [0.2, 0.25) is 0 Å². The van der Waals surface area contributed by atoms with Crippen molar-refractivity contribution in [2.24, 2.45) is 0 Å². The van der Waals surface area contributed by atoms with Crippen molar-refractivity contribution in [3.8, 4) is 5.75 Å². The number of anilines is 1. The molecule has 1 unspecified atom stereocenters. The van der Waals surface area contributed by atoms with Crippen molar-refractivity contribution < 1.29 is 23.8 Å². The van der Waals surface area contributed by atoms with E-state index in [0.717, 1.165) is 24.2 Å². The van der Waals surface area contributed by atoms with Crippen LogP contribution < -0.4 is 15.4 Å².